The highest BCUT2D eigenvalue weighted by atomic mass is 19.4. The zero-order valence-corrected chi connectivity index (χ0v) is 9.14. The molecule has 0 spiro atoms. The minimum Gasteiger partial charge on any atom is -0.469 e. The second kappa shape index (κ2) is 4.73. The van der Waals surface area contributed by atoms with E-state index in [1.54, 1.807) is 0 Å². The number of hydrogen-bond acceptors (Lipinski definition) is 2. The van der Waals surface area contributed by atoms with Crippen molar-refractivity contribution in [1.29, 1.82) is 0 Å². The van der Waals surface area contributed by atoms with E-state index >= 15 is 0 Å². The van der Waals surface area contributed by atoms with Gasteiger partial charge in [-0.3, -0.25) is 4.79 Å². The molecule has 0 fully saturated rings. The maximum atomic E-state index is 12.8. The van der Waals surface area contributed by atoms with Crippen LogP contribution in [-0.2, 0) is 15.7 Å². The van der Waals surface area contributed by atoms with Crippen LogP contribution in [0.15, 0.2) is 18.2 Å². The molecule has 17 heavy (non-hydrogen) atoms. The normalized spacial score (nSPS) is 13.3. The lowest BCUT2D eigenvalue weighted by Gasteiger charge is -2.16. The van der Waals surface area contributed by atoms with Crippen molar-refractivity contribution in [1.82, 2.24) is 0 Å². The summed E-state index contributed by atoms with van der Waals surface area (Å²) in [7, 11) is 1.08. The third-order valence-electron chi connectivity index (χ3n) is 2.34. The van der Waals surface area contributed by atoms with Crippen LogP contribution >= 0.6 is 0 Å². The predicted molar refractivity (Wildman–Crippen MR) is 51.8 cm³/mol. The number of methoxy groups -OCH3 is 1. The van der Waals surface area contributed by atoms with Gasteiger partial charge in [0.2, 0.25) is 0 Å². The van der Waals surface area contributed by atoms with Crippen molar-refractivity contribution in [3.05, 3.63) is 35.1 Å². The molecule has 0 radical (unpaired) electrons. The fourth-order valence-electron chi connectivity index (χ4n) is 1.46. The predicted octanol–water partition coefficient (Wildman–Crippen LogP) is 3.12. The van der Waals surface area contributed by atoms with Crippen LogP contribution in [0.1, 0.15) is 24.0 Å². The Morgan fingerprint density at radius 2 is 1.94 bits per heavy atom. The lowest BCUT2D eigenvalue weighted by molar-refractivity contribution is -0.143. The van der Waals surface area contributed by atoms with E-state index in [0.717, 1.165) is 19.2 Å². The fraction of sp³-hybridized carbons (Fsp3) is 0.364. The first-order valence-corrected chi connectivity index (χ1v) is 4.72. The van der Waals surface area contributed by atoms with Gasteiger partial charge < -0.3 is 4.74 Å². The molecule has 1 atom stereocenters. The van der Waals surface area contributed by atoms with Gasteiger partial charge in [-0.1, -0.05) is 6.07 Å². The van der Waals surface area contributed by atoms with Crippen LogP contribution in [0.2, 0.25) is 0 Å². The molecule has 0 aliphatic heterocycles. The van der Waals surface area contributed by atoms with Gasteiger partial charge >= 0.3 is 12.1 Å². The summed E-state index contributed by atoms with van der Waals surface area (Å²) in [4.78, 5) is 11.2. The maximum absolute atomic E-state index is 12.8. The van der Waals surface area contributed by atoms with E-state index in [1.807, 2.05) is 0 Å². The number of hydrogen-bond donors (Lipinski definition) is 0. The first-order chi connectivity index (χ1) is 7.77. The molecule has 0 aliphatic carbocycles. The Morgan fingerprint density at radius 1 is 1.35 bits per heavy atom. The Bertz CT molecular complexity index is 426. The quantitative estimate of drug-likeness (QED) is 0.595. The van der Waals surface area contributed by atoms with Crippen molar-refractivity contribution in [2.45, 2.75) is 19.0 Å². The van der Waals surface area contributed by atoms with E-state index in [2.05, 4.69) is 4.74 Å². The molecule has 0 bridgehead atoms. The minimum atomic E-state index is -4.71. The van der Waals surface area contributed by atoms with Crippen LogP contribution in [-0.4, -0.2) is 13.1 Å². The zero-order valence-electron chi connectivity index (χ0n) is 9.14. The van der Waals surface area contributed by atoms with Gasteiger partial charge in [-0.25, -0.2) is 4.39 Å². The molecule has 2 nitrogen and oxygen atoms in total. The molecule has 6 heteroatoms. The number of alkyl halides is 3. The van der Waals surface area contributed by atoms with E-state index in [-0.39, 0.29) is 5.56 Å². The Kier molecular flexibility index (Phi) is 3.75. The Hall–Kier alpha value is -1.59. The number of ether oxygens (including phenoxy) is 1. The third kappa shape index (κ3) is 2.95. The number of carbonyl (C=O) groups is 1. The molecular weight excluding hydrogens is 240 g/mol. The van der Waals surface area contributed by atoms with Crippen LogP contribution in [0.3, 0.4) is 0 Å². The van der Waals surface area contributed by atoms with Crippen molar-refractivity contribution in [3.63, 3.8) is 0 Å². The molecule has 1 rings (SSSR count). The summed E-state index contributed by atoms with van der Waals surface area (Å²) in [6, 6.07) is 2.19. The van der Waals surface area contributed by atoms with Gasteiger partial charge in [0.1, 0.15) is 5.82 Å². The maximum Gasteiger partial charge on any atom is 0.416 e. The van der Waals surface area contributed by atoms with Gasteiger partial charge in [0, 0.05) is 0 Å². The second-order valence-corrected chi connectivity index (χ2v) is 3.47. The van der Waals surface area contributed by atoms with Crippen LogP contribution in [0.5, 0.6) is 0 Å². The SMILES string of the molecule is COC(=O)C(C)c1ccc(F)cc1C(F)(F)F. The summed E-state index contributed by atoms with van der Waals surface area (Å²) in [5.74, 6) is -2.91. The monoisotopic (exact) mass is 250 g/mol. The lowest BCUT2D eigenvalue weighted by atomic mass is 9.95. The molecule has 0 saturated carbocycles. The minimum absolute atomic E-state index is 0.300. The topological polar surface area (TPSA) is 26.3 Å². The lowest BCUT2D eigenvalue weighted by Crippen LogP contribution is -2.17. The average Bonchev–Trinajstić information content (AvgIpc) is 2.25. The van der Waals surface area contributed by atoms with E-state index in [0.29, 0.717) is 6.07 Å². The molecule has 0 aliphatic rings. The van der Waals surface area contributed by atoms with Gasteiger partial charge in [-0.2, -0.15) is 13.2 Å². The van der Waals surface area contributed by atoms with E-state index in [1.165, 1.54) is 6.92 Å². The molecule has 0 amide bonds. The van der Waals surface area contributed by atoms with E-state index in [9.17, 15) is 22.4 Å². The molecule has 1 aromatic carbocycles. The Balaban J connectivity index is 3.29. The zero-order chi connectivity index (χ0) is 13.2. The largest absolute Gasteiger partial charge is 0.469 e. The highest BCUT2D eigenvalue weighted by Gasteiger charge is 2.36. The van der Waals surface area contributed by atoms with Crippen LogP contribution < -0.4 is 0 Å². The summed E-state index contributed by atoms with van der Waals surface area (Å²) in [6.07, 6.45) is -4.71. The summed E-state index contributed by atoms with van der Waals surface area (Å²) in [5, 5.41) is 0. The molecule has 0 heterocycles. The number of benzene rings is 1. The third-order valence-corrected chi connectivity index (χ3v) is 2.34. The smallest absolute Gasteiger partial charge is 0.416 e. The summed E-state index contributed by atoms with van der Waals surface area (Å²) >= 11 is 0. The van der Waals surface area contributed by atoms with Crippen LogP contribution in [0.25, 0.3) is 0 Å². The molecule has 0 saturated heterocycles. The number of rotatable bonds is 2. The second-order valence-electron chi connectivity index (χ2n) is 3.47. The number of esters is 1. The van der Waals surface area contributed by atoms with E-state index < -0.39 is 29.4 Å². The molecule has 0 aromatic heterocycles. The van der Waals surface area contributed by atoms with Crippen molar-refractivity contribution < 1.29 is 27.1 Å². The molecule has 1 unspecified atom stereocenters. The highest BCUT2D eigenvalue weighted by molar-refractivity contribution is 5.78. The number of halogens is 4. The van der Waals surface area contributed by atoms with Gasteiger partial charge in [0.15, 0.2) is 0 Å². The summed E-state index contributed by atoms with van der Waals surface area (Å²) in [5.41, 5.74) is -1.46. The van der Waals surface area contributed by atoms with Gasteiger partial charge in [-0.15, -0.1) is 0 Å². The Labute approximate surface area is 95.2 Å². The van der Waals surface area contributed by atoms with Crippen molar-refractivity contribution >= 4 is 5.97 Å². The summed E-state index contributed by atoms with van der Waals surface area (Å²) in [6.45, 7) is 1.27. The first kappa shape index (κ1) is 13.5. The van der Waals surface area contributed by atoms with Crippen molar-refractivity contribution in [2.75, 3.05) is 7.11 Å². The number of carbonyl (C=O) groups excluding carboxylic acids is 1. The van der Waals surface area contributed by atoms with Gasteiger partial charge in [0.25, 0.3) is 0 Å². The van der Waals surface area contributed by atoms with Crippen molar-refractivity contribution in [2.24, 2.45) is 0 Å². The summed E-state index contributed by atoms with van der Waals surface area (Å²) < 4.78 is 55.1. The van der Waals surface area contributed by atoms with Gasteiger partial charge in [-0.05, 0) is 24.6 Å². The van der Waals surface area contributed by atoms with Crippen molar-refractivity contribution in [3.8, 4) is 0 Å². The highest BCUT2D eigenvalue weighted by Crippen LogP contribution is 2.35. The average molecular weight is 250 g/mol. The van der Waals surface area contributed by atoms with Crippen LogP contribution in [0.4, 0.5) is 17.6 Å². The molecule has 94 valence electrons. The standard InChI is InChI=1S/C11H10F4O2/c1-6(10(16)17-2)8-4-3-7(12)5-9(8)11(13,14)15/h3-6H,1-2H3. The molecule has 0 N–H and O–H groups in total. The van der Waals surface area contributed by atoms with Crippen LogP contribution in [0, 0.1) is 5.82 Å². The first-order valence-electron chi connectivity index (χ1n) is 4.72. The Morgan fingerprint density at radius 3 is 2.41 bits per heavy atom. The molecule has 1 aromatic rings. The van der Waals surface area contributed by atoms with E-state index in [4.69, 9.17) is 0 Å². The fourth-order valence-corrected chi connectivity index (χ4v) is 1.46. The van der Waals surface area contributed by atoms with Gasteiger partial charge in [0.05, 0.1) is 18.6 Å². The molecular formula is C11H10F4O2.